The molecule has 9 nitrogen and oxygen atoms in total. The summed E-state index contributed by atoms with van der Waals surface area (Å²) >= 11 is 0. The summed E-state index contributed by atoms with van der Waals surface area (Å²) in [5.74, 6) is -0.540. The van der Waals surface area contributed by atoms with Gasteiger partial charge in [0.25, 0.3) is 7.82 Å². The molecule has 0 aromatic heterocycles. The van der Waals surface area contributed by atoms with Crippen molar-refractivity contribution < 1.29 is 37.3 Å². The molecule has 1 amide bonds. The number of allylic oxidation sites excluding steroid dienone is 11. The number of phosphoric ester groups is 1. The molecule has 0 aliphatic rings. The minimum absolute atomic E-state index is 0.0246. The van der Waals surface area contributed by atoms with Gasteiger partial charge in [0.05, 0.1) is 33.8 Å². The molecule has 478 valence electrons. The maximum atomic E-state index is 13.6. The minimum atomic E-state index is -4.71. The SMILES string of the molecule is CCCCC/C=C\C/C=C\C/C=C\CCCCCCCCCCCCCCC(=O)OC(/C=C\CCCCCCCCCCCC)C(COP(=O)([O-])OCC[N+](C)(C)C)NC(=O)CCCCCCCCCCC/C=C\C/C=C\CCCCC. The van der Waals surface area contributed by atoms with Crippen molar-refractivity contribution in [2.75, 3.05) is 40.9 Å². The summed E-state index contributed by atoms with van der Waals surface area (Å²) in [7, 11) is 1.18. The third kappa shape index (κ3) is 62.0. The van der Waals surface area contributed by atoms with E-state index >= 15 is 0 Å². The summed E-state index contributed by atoms with van der Waals surface area (Å²) in [6, 6.07) is -0.894. The molecule has 0 aliphatic carbocycles. The van der Waals surface area contributed by atoms with Gasteiger partial charge in [0.1, 0.15) is 19.3 Å². The van der Waals surface area contributed by atoms with Gasteiger partial charge in [-0.3, -0.25) is 14.2 Å². The van der Waals surface area contributed by atoms with E-state index in [2.05, 4.69) is 86.8 Å². The van der Waals surface area contributed by atoms with Crippen LogP contribution in [0, 0.1) is 0 Å². The monoisotopic (exact) mass is 1170 g/mol. The number of phosphoric acid groups is 1. The molecule has 3 unspecified atom stereocenters. The molecule has 0 aromatic rings. The predicted molar refractivity (Wildman–Crippen MR) is 353 cm³/mol. The molecule has 82 heavy (non-hydrogen) atoms. The first-order valence-electron chi connectivity index (χ1n) is 34.7. The quantitative estimate of drug-likeness (QED) is 0.0212. The fourth-order valence-corrected chi connectivity index (χ4v) is 10.7. The van der Waals surface area contributed by atoms with Crippen LogP contribution in [-0.2, 0) is 27.9 Å². The molecule has 0 rings (SSSR count). The maximum Gasteiger partial charge on any atom is 0.306 e. The second-order valence-electron chi connectivity index (χ2n) is 24.7. The van der Waals surface area contributed by atoms with Crippen LogP contribution in [0.25, 0.3) is 0 Å². The van der Waals surface area contributed by atoms with Crippen LogP contribution in [0.1, 0.15) is 323 Å². The van der Waals surface area contributed by atoms with Crippen molar-refractivity contribution in [3.63, 3.8) is 0 Å². The molecule has 0 bridgehead atoms. The van der Waals surface area contributed by atoms with Crippen LogP contribution < -0.4 is 10.2 Å². The second kappa shape index (κ2) is 61.5. The average Bonchev–Trinajstić information content (AvgIpc) is 3.44. The van der Waals surface area contributed by atoms with E-state index < -0.39 is 26.6 Å². The summed E-state index contributed by atoms with van der Waals surface area (Å²) in [6.07, 6.45) is 80.1. The Hall–Kier alpha value is -2.55. The number of nitrogens with zero attached hydrogens (tertiary/aromatic N) is 1. The predicted octanol–water partition coefficient (Wildman–Crippen LogP) is 21.3. The Morgan fingerprint density at radius 3 is 1.13 bits per heavy atom. The number of hydrogen-bond donors (Lipinski definition) is 1. The molecule has 0 radical (unpaired) electrons. The normalized spacial score (nSPS) is 14.0. The number of likely N-dealkylation sites (N-methyl/N-ethyl adjacent to an activating group) is 1. The van der Waals surface area contributed by atoms with Gasteiger partial charge in [-0.25, -0.2) is 0 Å². The largest absolute Gasteiger partial charge is 0.756 e. The van der Waals surface area contributed by atoms with Crippen molar-refractivity contribution in [1.29, 1.82) is 0 Å². The highest BCUT2D eigenvalue weighted by Gasteiger charge is 2.27. The highest BCUT2D eigenvalue weighted by molar-refractivity contribution is 7.45. The lowest BCUT2D eigenvalue weighted by molar-refractivity contribution is -0.870. The fraction of sp³-hybridized carbons (Fsp3) is 0.806. The van der Waals surface area contributed by atoms with Gasteiger partial charge in [0.2, 0.25) is 5.91 Å². The number of carbonyl (C=O) groups is 2. The van der Waals surface area contributed by atoms with Crippen LogP contribution >= 0.6 is 7.82 Å². The Labute approximate surface area is 508 Å². The van der Waals surface area contributed by atoms with Gasteiger partial charge in [-0.2, -0.15) is 0 Å². The van der Waals surface area contributed by atoms with E-state index in [1.807, 2.05) is 33.3 Å². The molecule has 1 N–H and O–H groups in total. The molecule has 0 aliphatic heterocycles. The van der Waals surface area contributed by atoms with Crippen LogP contribution in [0.4, 0.5) is 0 Å². The lowest BCUT2D eigenvalue weighted by Gasteiger charge is -2.30. The van der Waals surface area contributed by atoms with E-state index in [-0.39, 0.29) is 24.9 Å². The zero-order valence-corrected chi connectivity index (χ0v) is 55.6. The first-order chi connectivity index (χ1) is 39.9. The van der Waals surface area contributed by atoms with Crippen LogP contribution in [0.3, 0.4) is 0 Å². The summed E-state index contributed by atoms with van der Waals surface area (Å²) in [4.78, 5) is 40.1. The number of esters is 1. The molecular weight excluding hydrogens is 1040 g/mol. The second-order valence-corrected chi connectivity index (χ2v) is 26.1. The van der Waals surface area contributed by atoms with E-state index in [1.54, 1.807) is 0 Å². The van der Waals surface area contributed by atoms with Crippen molar-refractivity contribution in [2.24, 2.45) is 0 Å². The van der Waals surface area contributed by atoms with Crippen LogP contribution in [0.2, 0.25) is 0 Å². The van der Waals surface area contributed by atoms with Gasteiger partial charge >= 0.3 is 5.97 Å². The number of rotatable bonds is 63. The topological polar surface area (TPSA) is 114 Å². The van der Waals surface area contributed by atoms with Gasteiger partial charge in [-0.1, -0.05) is 280 Å². The first-order valence-corrected chi connectivity index (χ1v) is 36.2. The smallest absolute Gasteiger partial charge is 0.306 e. The van der Waals surface area contributed by atoms with Gasteiger partial charge in [0, 0.05) is 12.8 Å². The van der Waals surface area contributed by atoms with Crippen molar-refractivity contribution in [3.8, 4) is 0 Å². The Morgan fingerprint density at radius 1 is 0.427 bits per heavy atom. The van der Waals surface area contributed by atoms with Crippen molar-refractivity contribution in [1.82, 2.24) is 5.32 Å². The van der Waals surface area contributed by atoms with Crippen LogP contribution in [0.15, 0.2) is 72.9 Å². The summed E-state index contributed by atoms with van der Waals surface area (Å²) in [6.45, 7) is 6.82. The number of ether oxygens (including phenoxy) is 1. The minimum Gasteiger partial charge on any atom is -0.756 e. The lowest BCUT2D eigenvalue weighted by atomic mass is 10.0. The molecule has 0 fully saturated rings. The van der Waals surface area contributed by atoms with E-state index in [1.165, 1.54) is 199 Å². The maximum absolute atomic E-state index is 13.6. The van der Waals surface area contributed by atoms with E-state index in [9.17, 15) is 19.0 Å². The van der Waals surface area contributed by atoms with Gasteiger partial charge in [-0.15, -0.1) is 0 Å². The molecule has 10 heteroatoms. The van der Waals surface area contributed by atoms with E-state index in [0.29, 0.717) is 17.4 Å². The first kappa shape index (κ1) is 79.5. The van der Waals surface area contributed by atoms with Crippen LogP contribution in [-0.4, -0.2) is 69.4 Å². The third-order valence-electron chi connectivity index (χ3n) is 15.4. The fourth-order valence-electron chi connectivity index (χ4n) is 9.97. The Balaban J connectivity index is 5.09. The highest BCUT2D eigenvalue weighted by atomic mass is 31.2. The van der Waals surface area contributed by atoms with Gasteiger partial charge in [0.15, 0.2) is 0 Å². The summed E-state index contributed by atoms with van der Waals surface area (Å²) in [5, 5.41) is 3.04. The zero-order valence-electron chi connectivity index (χ0n) is 54.7. The zero-order chi connectivity index (χ0) is 60.0. The molecule has 0 aromatic carbocycles. The molecule has 3 atom stereocenters. The van der Waals surface area contributed by atoms with Crippen LogP contribution in [0.5, 0.6) is 0 Å². The number of carbonyl (C=O) groups excluding carboxylic acids is 2. The van der Waals surface area contributed by atoms with Gasteiger partial charge < -0.3 is 28.5 Å². The molecule has 0 saturated carbocycles. The summed E-state index contributed by atoms with van der Waals surface area (Å²) < 4.78 is 30.4. The third-order valence-corrected chi connectivity index (χ3v) is 16.3. The molecular formula is C72H133N2O7P. The van der Waals surface area contributed by atoms with Crippen molar-refractivity contribution in [3.05, 3.63) is 72.9 Å². The van der Waals surface area contributed by atoms with E-state index in [0.717, 1.165) is 89.9 Å². The Kier molecular flexibility index (Phi) is 59.6. The molecule has 0 saturated heterocycles. The number of amides is 1. The number of quaternary nitrogens is 1. The Bertz CT molecular complexity index is 1630. The highest BCUT2D eigenvalue weighted by Crippen LogP contribution is 2.38. The standard InChI is InChI=1S/C72H133N2O7P/c1-7-10-13-16-19-22-25-28-30-32-34-35-36-37-38-39-41-43-45-47-50-53-56-59-62-65-72(76)81-70(63-60-57-54-51-48-27-24-21-18-15-12-9-3)69(68-80-82(77,78)79-67-66-74(4,5)6)73-71(75)64-61-58-55-52-49-46-44-42-40-33-31-29-26-23-20-17-14-11-8-2/h19-20,22-23,28-31,34-35,60,63,69-70H,7-18,21,24-27,32-33,36-59,61-62,64-68H2,1-6H3,(H-,73,75,77,78)/b22-19-,23-20-,30-28-,31-29-,35-34-,63-60-. The number of hydrogen-bond acceptors (Lipinski definition) is 7. The number of unbranched alkanes of at least 4 members (excludes halogenated alkanes) is 37. The van der Waals surface area contributed by atoms with Gasteiger partial charge in [-0.05, 0) is 102 Å². The van der Waals surface area contributed by atoms with Crippen molar-refractivity contribution in [2.45, 2.75) is 335 Å². The Morgan fingerprint density at radius 2 is 0.744 bits per heavy atom. The molecule has 0 spiro atoms. The van der Waals surface area contributed by atoms with Crippen molar-refractivity contribution >= 4 is 19.7 Å². The van der Waals surface area contributed by atoms with E-state index in [4.69, 9.17) is 13.8 Å². The molecule has 0 heterocycles. The number of nitrogens with one attached hydrogen (secondary N) is 1. The summed E-state index contributed by atoms with van der Waals surface area (Å²) in [5.41, 5.74) is 0. The average molecular weight is 1170 g/mol. The lowest BCUT2D eigenvalue weighted by Crippen LogP contribution is -2.47.